The molecule has 0 atom stereocenters. The van der Waals surface area contributed by atoms with E-state index in [0.29, 0.717) is 12.4 Å². The summed E-state index contributed by atoms with van der Waals surface area (Å²) in [5.74, 6) is 0.573. The van der Waals surface area contributed by atoms with Crippen molar-refractivity contribution in [1.82, 2.24) is 20.3 Å². The lowest BCUT2D eigenvalue weighted by Gasteiger charge is -2.04. The predicted molar refractivity (Wildman–Crippen MR) is 100 cm³/mol. The Labute approximate surface area is 154 Å². The van der Waals surface area contributed by atoms with Crippen molar-refractivity contribution in [2.75, 3.05) is 5.32 Å². The number of anilines is 2. The number of aromatic nitrogens is 3. The second-order valence-electron chi connectivity index (χ2n) is 5.43. The predicted octanol–water partition coefficient (Wildman–Crippen LogP) is 3.94. The van der Waals surface area contributed by atoms with Gasteiger partial charge in [0.05, 0.1) is 5.69 Å². The molecule has 2 heterocycles. The maximum atomic E-state index is 11.0. The molecule has 6 nitrogen and oxygen atoms in total. The summed E-state index contributed by atoms with van der Waals surface area (Å²) in [7, 11) is 0. The van der Waals surface area contributed by atoms with Gasteiger partial charge in [0, 0.05) is 36.2 Å². The molecule has 1 amide bonds. The van der Waals surface area contributed by atoms with Crippen LogP contribution >= 0.6 is 22.9 Å². The summed E-state index contributed by atoms with van der Waals surface area (Å²) >= 11 is 7.36. The summed E-state index contributed by atoms with van der Waals surface area (Å²) in [6.07, 6.45) is 0. The van der Waals surface area contributed by atoms with Crippen LogP contribution in [0.4, 0.5) is 10.9 Å². The van der Waals surface area contributed by atoms with Crippen molar-refractivity contribution in [1.29, 1.82) is 0 Å². The van der Waals surface area contributed by atoms with E-state index in [1.165, 1.54) is 18.3 Å². The first-order valence-electron chi connectivity index (χ1n) is 7.57. The number of thiazole rings is 1. The van der Waals surface area contributed by atoms with E-state index in [-0.39, 0.29) is 11.2 Å². The topological polar surface area (TPSA) is 79.8 Å². The second kappa shape index (κ2) is 7.58. The maximum absolute atomic E-state index is 11.0. The Kier molecular flexibility index (Phi) is 5.25. The summed E-state index contributed by atoms with van der Waals surface area (Å²) in [5, 5.41) is 8.82. The fourth-order valence-electron chi connectivity index (χ4n) is 2.19. The van der Waals surface area contributed by atoms with Gasteiger partial charge in [-0.05, 0) is 24.1 Å². The molecule has 0 saturated carbocycles. The molecule has 0 aliphatic heterocycles. The van der Waals surface area contributed by atoms with Gasteiger partial charge < -0.3 is 10.6 Å². The molecule has 0 radical (unpaired) electrons. The van der Waals surface area contributed by atoms with Crippen LogP contribution in [0.2, 0.25) is 5.28 Å². The van der Waals surface area contributed by atoms with Crippen molar-refractivity contribution in [2.24, 2.45) is 0 Å². The van der Waals surface area contributed by atoms with Crippen LogP contribution in [-0.4, -0.2) is 20.9 Å². The Hall–Kier alpha value is -2.51. The first kappa shape index (κ1) is 17.3. The number of hydrogen-bond donors (Lipinski definition) is 2. The van der Waals surface area contributed by atoms with Crippen molar-refractivity contribution in [2.45, 2.75) is 20.4 Å². The van der Waals surface area contributed by atoms with Crippen LogP contribution < -0.4 is 10.6 Å². The molecule has 3 aromatic rings. The molecule has 128 valence electrons. The van der Waals surface area contributed by atoms with Crippen LogP contribution in [0.3, 0.4) is 0 Å². The molecule has 1 aromatic carbocycles. The van der Waals surface area contributed by atoms with E-state index < -0.39 is 0 Å². The molecular formula is C17H16ClN5OS. The highest BCUT2D eigenvalue weighted by atomic mass is 35.5. The van der Waals surface area contributed by atoms with Gasteiger partial charge in [-0.25, -0.2) is 15.0 Å². The van der Waals surface area contributed by atoms with Gasteiger partial charge in [0.25, 0.3) is 0 Å². The van der Waals surface area contributed by atoms with Crippen molar-refractivity contribution < 1.29 is 4.79 Å². The molecule has 0 bridgehead atoms. The Balaban J connectivity index is 1.71. The van der Waals surface area contributed by atoms with Crippen molar-refractivity contribution in [3.63, 3.8) is 0 Å². The maximum Gasteiger partial charge on any atom is 0.224 e. The van der Waals surface area contributed by atoms with E-state index in [0.717, 1.165) is 27.6 Å². The molecule has 0 unspecified atom stereocenters. The summed E-state index contributed by atoms with van der Waals surface area (Å²) in [4.78, 5) is 23.7. The molecule has 0 saturated heterocycles. The lowest BCUT2D eigenvalue weighted by Crippen LogP contribution is -2.18. The molecular weight excluding hydrogens is 358 g/mol. The molecule has 8 heteroatoms. The van der Waals surface area contributed by atoms with E-state index >= 15 is 0 Å². The Morgan fingerprint density at radius 1 is 1.20 bits per heavy atom. The van der Waals surface area contributed by atoms with Gasteiger partial charge in [-0.3, -0.25) is 4.79 Å². The van der Waals surface area contributed by atoms with Gasteiger partial charge in [-0.15, -0.1) is 11.3 Å². The van der Waals surface area contributed by atoms with Crippen molar-refractivity contribution in [3.05, 3.63) is 52.3 Å². The first-order valence-corrected chi connectivity index (χ1v) is 8.83. The largest absolute Gasteiger partial charge is 0.352 e. The van der Waals surface area contributed by atoms with Gasteiger partial charge in [0.1, 0.15) is 5.82 Å². The summed E-state index contributed by atoms with van der Waals surface area (Å²) < 4.78 is 0. The van der Waals surface area contributed by atoms with Crippen LogP contribution in [0.1, 0.15) is 18.2 Å². The lowest BCUT2D eigenvalue weighted by atomic mass is 10.1. The van der Waals surface area contributed by atoms with Gasteiger partial charge in [-0.1, -0.05) is 24.3 Å². The smallest absolute Gasteiger partial charge is 0.224 e. The zero-order chi connectivity index (χ0) is 17.8. The summed E-state index contributed by atoms with van der Waals surface area (Å²) in [6, 6.07) is 9.74. The molecule has 25 heavy (non-hydrogen) atoms. The zero-order valence-corrected chi connectivity index (χ0v) is 15.3. The number of hydrogen-bond acceptors (Lipinski definition) is 6. The number of nitrogens with zero attached hydrogens (tertiary/aromatic N) is 3. The van der Waals surface area contributed by atoms with Crippen LogP contribution in [-0.2, 0) is 11.3 Å². The van der Waals surface area contributed by atoms with E-state index in [1.807, 2.05) is 42.6 Å². The highest BCUT2D eigenvalue weighted by molar-refractivity contribution is 7.14. The number of benzene rings is 1. The number of rotatable bonds is 5. The average molecular weight is 374 g/mol. The monoisotopic (exact) mass is 373 g/mol. The Bertz CT molecular complexity index is 874. The third kappa shape index (κ3) is 4.74. The van der Waals surface area contributed by atoms with E-state index in [1.54, 1.807) is 0 Å². The SMILES string of the molecule is CC(=O)NCc1ccc(-c2csc(Nc3cc(C)nc(Cl)n3)n2)cc1. The quantitative estimate of drug-likeness (QED) is 0.662. The number of halogens is 1. The molecule has 2 aromatic heterocycles. The number of nitrogens with one attached hydrogen (secondary N) is 2. The van der Waals surface area contributed by atoms with E-state index in [2.05, 4.69) is 25.6 Å². The molecule has 0 spiro atoms. The summed E-state index contributed by atoms with van der Waals surface area (Å²) in [5.41, 5.74) is 3.70. The highest BCUT2D eigenvalue weighted by Crippen LogP contribution is 2.27. The summed E-state index contributed by atoms with van der Waals surface area (Å²) in [6.45, 7) is 3.88. The fraction of sp³-hybridized carbons (Fsp3) is 0.176. The minimum atomic E-state index is -0.0423. The number of amides is 1. The van der Waals surface area contributed by atoms with Gasteiger partial charge >= 0.3 is 0 Å². The zero-order valence-electron chi connectivity index (χ0n) is 13.7. The van der Waals surface area contributed by atoms with Crippen LogP contribution in [0.5, 0.6) is 0 Å². The molecule has 2 N–H and O–H groups in total. The first-order chi connectivity index (χ1) is 12.0. The molecule has 0 fully saturated rings. The minimum Gasteiger partial charge on any atom is -0.352 e. The van der Waals surface area contributed by atoms with Crippen molar-refractivity contribution in [3.8, 4) is 11.3 Å². The number of aryl methyl sites for hydroxylation is 1. The third-order valence-corrected chi connectivity index (χ3v) is 4.28. The minimum absolute atomic E-state index is 0.0423. The lowest BCUT2D eigenvalue weighted by molar-refractivity contribution is -0.119. The molecule has 0 aliphatic rings. The average Bonchev–Trinajstić information content (AvgIpc) is 3.01. The molecule has 3 rings (SSSR count). The normalized spacial score (nSPS) is 10.5. The van der Waals surface area contributed by atoms with Gasteiger partial charge in [0.15, 0.2) is 5.13 Å². The fourth-order valence-corrected chi connectivity index (χ4v) is 3.14. The van der Waals surface area contributed by atoms with Crippen LogP contribution in [0.25, 0.3) is 11.3 Å². The second-order valence-corrected chi connectivity index (χ2v) is 6.63. The molecule has 0 aliphatic carbocycles. The van der Waals surface area contributed by atoms with E-state index in [9.17, 15) is 4.79 Å². The Morgan fingerprint density at radius 2 is 1.96 bits per heavy atom. The third-order valence-electron chi connectivity index (χ3n) is 3.36. The highest BCUT2D eigenvalue weighted by Gasteiger charge is 2.07. The number of carbonyl (C=O) groups is 1. The number of carbonyl (C=O) groups excluding carboxylic acids is 1. The van der Waals surface area contributed by atoms with Crippen LogP contribution in [0.15, 0.2) is 35.7 Å². The van der Waals surface area contributed by atoms with E-state index in [4.69, 9.17) is 11.6 Å². The van der Waals surface area contributed by atoms with Crippen molar-refractivity contribution >= 4 is 39.8 Å². The Morgan fingerprint density at radius 3 is 2.64 bits per heavy atom. The van der Waals surface area contributed by atoms with Crippen LogP contribution in [0, 0.1) is 6.92 Å². The van der Waals surface area contributed by atoms with Gasteiger partial charge in [-0.2, -0.15) is 0 Å². The van der Waals surface area contributed by atoms with Gasteiger partial charge in [0.2, 0.25) is 11.2 Å². The standard InChI is InChI=1S/C17H16ClN5OS/c1-10-7-15(22-16(18)20-10)23-17-21-14(9-25-17)13-5-3-12(4-6-13)8-19-11(2)24/h3-7,9H,8H2,1-2H3,(H,19,24)(H,20,21,22,23).